The molecule has 0 saturated carbocycles. The van der Waals surface area contributed by atoms with E-state index in [0.29, 0.717) is 6.04 Å². The Morgan fingerprint density at radius 2 is 2.13 bits per heavy atom. The van der Waals surface area contributed by atoms with Crippen LogP contribution in [0.1, 0.15) is 36.9 Å². The fraction of sp³-hybridized carbons (Fsp3) is 0.611. The quantitative estimate of drug-likeness (QED) is 0.945. The summed E-state index contributed by atoms with van der Waals surface area (Å²) in [5.41, 5.74) is 3.41. The van der Waals surface area contributed by atoms with Gasteiger partial charge in [0.2, 0.25) is 0 Å². The van der Waals surface area contributed by atoms with Crippen LogP contribution >= 0.6 is 0 Å². The molecule has 0 bridgehead atoms. The normalized spacial score (nSPS) is 24.3. The second-order valence-corrected chi connectivity index (χ2v) is 6.92. The highest BCUT2D eigenvalue weighted by Crippen LogP contribution is 2.34. The molecule has 1 atom stereocenters. The van der Waals surface area contributed by atoms with E-state index in [-0.39, 0.29) is 5.60 Å². The number of aryl methyl sites for hydroxylation is 1. The smallest absolute Gasteiger partial charge is 0.137 e. The van der Waals surface area contributed by atoms with Gasteiger partial charge >= 0.3 is 0 Å². The SMILES string of the molecule is Cc1ccc2nc(CN[C@H]3CCOC4(CCOCC4)C3)cn2c1. The maximum atomic E-state index is 6.11. The molecule has 0 aliphatic carbocycles. The summed E-state index contributed by atoms with van der Waals surface area (Å²) in [5, 5.41) is 3.69. The first-order chi connectivity index (χ1) is 11.2. The lowest BCUT2D eigenvalue weighted by atomic mass is 9.84. The van der Waals surface area contributed by atoms with Crippen molar-refractivity contribution >= 4 is 5.65 Å². The van der Waals surface area contributed by atoms with Crippen molar-refractivity contribution < 1.29 is 9.47 Å². The first-order valence-corrected chi connectivity index (χ1v) is 8.62. The summed E-state index contributed by atoms with van der Waals surface area (Å²) >= 11 is 0. The molecule has 2 aliphatic rings. The highest BCUT2D eigenvalue weighted by Gasteiger charge is 2.38. The Morgan fingerprint density at radius 3 is 3.00 bits per heavy atom. The lowest BCUT2D eigenvalue weighted by Gasteiger charge is -2.43. The van der Waals surface area contributed by atoms with Gasteiger partial charge in [-0.05, 0) is 44.2 Å². The van der Waals surface area contributed by atoms with Crippen LogP contribution in [-0.2, 0) is 16.0 Å². The van der Waals surface area contributed by atoms with Gasteiger partial charge in [0.15, 0.2) is 0 Å². The predicted octanol–water partition coefficient (Wildman–Crippen LogP) is 2.46. The Hall–Kier alpha value is -1.43. The van der Waals surface area contributed by atoms with Crippen LogP contribution in [0.3, 0.4) is 0 Å². The molecular formula is C18H25N3O2. The fourth-order valence-corrected chi connectivity index (χ4v) is 3.78. The van der Waals surface area contributed by atoms with Gasteiger partial charge in [0.1, 0.15) is 5.65 Å². The molecule has 1 N–H and O–H groups in total. The van der Waals surface area contributed by atoms with Gasteiger partial charge in [-0.25, -0.2) is 4.98 Å². The van der Waals surface area contributed by atoms with Crippen molar-refractivity contribution in [1.29, 1.82) is 0 Å². The Bertz CT molecular complexity index is 670. The van der Waals surface area contributed by atoms with Gasteiger partial charge in [0, 0.05) is 44.8 Å². The zero-order chi connectivity index (χ0) is 15.7. The maximum absolute atomic E-state index is 6.11. The molecule has 2 aromatic heterocycles. The lowest BCUT2D eigenvalue weighted by Crippen LogP contribution is -2.49. The zero-order valence-corrected chi connectivity index (χ0v) is 13.8. The van der Waals surface area contributed by atoms with Crippen molar-refractivity contribution in [2.24, 2.45) is 0 Å². The lowest BCUT2D eigenvalue weighted by molar-refractivity contribution is -0.140. The summed E-state index contributed by atoms with van der Waals surface area (Å²) in [6.07, 6.45) is 8.46. The molecule has 4 rings (SSSR count). The number of hydrogen-bond acceptors (Lipinski definition) is 4. The van der Waals surface area contributed by atoms with Crippen molar-refractivity contribution in [3.8, 4) is 0 Å². The van der Waals surface area contributed by atoms with E-state index in [4.69, 9.17) is 14.5 Å². The second kappa shape index (κ2) is 6.23. The summed E-state index contributed by atoms with van der Waals surface area (Å²) in [4.78, 5) is 4.69. The van der Waals surface area contributed by atoms with Gasteiger partial charge in [-0.2, -0.15) is 0 Å². The Labute approximate surface area is 137 Å². The van der Waals surface area contributed by atoms with Gasteiger partial charge in [0.25, 0.3) is 0 Å². The predicted molar refractivity (Wildman–Crippen MR) is 88.5 cm³/mol. The molecule has 5 nitrogen and oxygen atoms in total. The van der Waals surface area contributed by atoms with Crippen LogP contribution < -0.4 is 5.32 Å². The Morgan fingerprint density at radius 1 is 1.26 bits per heavy atom. The summed E-state index contributed by atoms with van der Waals surface area (Å²) in [6.45, 7) is 5.43. The summed E-state index contributed by atoms with van der Waals surface area (Å²) < 4.78 is 13.7. The molecule has 0 radical (unpaired) electrons. The number of nitrogens with one attached hydrogen (secondary N) is 1. The number of hydrogen-bond donors (Lipinski definition) is 1. The molecule has 23 heavy (non-hydrogen) atoms. The topological polar surface area (TPSA) is 47.8 Å². The monoisotopic (exact) mass is 315 g/mol. The molecule has 1 spiro atoms. The molecule has 0 amide bonds. The van der Waals surface area contributed by atoms with E-state index in [0.717, 1.165) is 63.4 Å². The number of imidazole rings is 1. The molecule has 0 unspecified atom stereocenters. The minimum Gasteiger partial charge on any atom is -0.381 e. The van der Waals surface area contributed by atoms with E-state index in [2.05, 4.69) is 41.2 Å². The molecule has 2 fully saturated rings. The molecule has 4 heterocycles. The van der Waals surface area contributed by atoms with Crippen molar-refractivity contribution in [1.82, 2.24) is 14.7 Å². The van der Waals surface area contributed by atoms with Crippen LogP contribution in [0.4, 0.5) is 0 Å². The Balaban J connectivity index is 1.39. The van der Waals surface area contributed by atoms with Gasteiger partial charge in [-0.15, -0.1) is 0 Å². The summed E-state index contributed by atoms with van der Waals surface area (Å²) in [5.74, 6) is 0. The molecule has 2 aliphatic heterocycles. The van der Waals surface area contributed by atoms with Crippen LogP contribution in [-0.4, -0.2) is 40.8 Å². The van der Waals surface area contributed by atoms with Gasteiger partial charge in [-0.1, -0.05) is 6.07 Å². The average Bonchev–Trinajstić information content (AvgIpc) is 2.96. The van der Waals surface area contributed by atoms with Gasteiger partial charge in [-0.3, -0.25) is 0 Å². The van der Waals surface area contributed by atoms with E-state index in [9.17, 15) is 0 Å². The summed E-state index contributed by atoms with van der Waals surface area (Å²) in [7, 11) is 0. The molecule has 5 heteroatoms. The van der Waals surface area contributed by atoms with Gasteiger partial charge < -0.3 is 19.2 Å². The second-order valence-electron chi connectivity index (χ2n) is 6.92. The van der Waals surface area contributed by atoms with E-state index >= 15 is 0 Å². The molecule has 2 aromatic rings. The average molecular weight is 315 g/mol. The summed E-state index contributed by atoms with van der Waals surface area (Å²) in [6, 6.07) is 4.69. The van der Waals surface area contributed by atoms with Crippen LogP contribution in [0.15, 0.2) is 24.5 Å². The Kier molecular flexibility index (Phi) is 4.09. The third kappa shape index (κ3) is 3.27. The minimum atomic E-state index is 0.0458. The molecular weight excluding hydrogens is 290 g/mol. The van der Waals surface area contributed by atoms with E-state index in [1.807, 2.05) is 0 Å². The molecule has 2 saturated heterocycles. The number of pyridine rings is 1. The minimum absolute atomic E-state index is 0.0458. The zero-order valence-electron chi connectivity index (χ0n) is 13.8. The highest BCUT2D eigenvalue weighted by atomic mass is 16.5. The van der Waals surface area contributed by atoms with Crippen LogP contribution in [0.2, 0.25) is 0 Å². The van der Waals surface area contributed by atoms with Crippen LogP contribution in [0.5, 0.6) is 0 Å². The van der Waals surface area contributed by atoms with E-state index in [1.165, 1.54) is 5.56 Å². The number of rotatable bonds is 3. The largest absolute Gasteiger partial charge is 0.381 e. The first-order valence-electron chi connectivity index (χ1n) is 8.62. The van der Waals surface area contributed by atoms with Crippen molar-refractivity contribution in [2.45, 2.75) is 50.8 Å². The van der Waals surface area contributed by atoms with Crippen molar-refractivity contribution in [3.05, 3.63) is 35.8 Å². The fourth-order valence-electron chi connectivity index (χ4n) is 3.78. The third-order valence-corrected chi connectivity index (χ3v) is 5.12. The number of fused-ring (bicyclic) bond motifs is 1. The number of aromatic nitrogens is 2. The molecule has 124 valence electrons. The standard InChI is InChI=1S/C18H25N3O2/c1-14-2-3-17-20-16(13-21(17)12-14)11-19-15-4-7-23-18(10-15)5-8-22-9-6-18/h2-3,12-13,15,19H,4-11H2,1H3/t15-/m0/s1. The van der Waals surface area contributed by atoms with Crippen LogP contribution in [0, 0.1) is 6.92 Å². The molecule has 0 aromatic carbocycles. The van der Waals surface area contributed by atoms with E-state index < -0.39 is 0 Å². The highest BCUT2D eigenvalue weighted by molar-refractivity contribution is 5.41. The number of ether oxygens (including phenoxy) is 2. The van der Waals surface area contributed by atoms with Crippen LogP contribution in [0.25, 0.3) is 5.65 Å². The van der Waals surface area contributed by atoms with Crippen molar-refractivity contribution in [2.75, 3.05) is 19.8 Å². The number of nitrogens with zero attached hydrogens (tertiary/aromatic N) is 2. The first kappa shape index (κ1) is 15.1. The third-order valence-electron chi connectivity index (χ3n) is 5.12. The maximum Gasteiger partial charge on any atom is 0.137 e. The van der Waals surface area contributed by atoms with Crippen molar-refractivity contribution in [3.63, 3.8) is 0 Å². The van der Waals surface area contributed by atoms with Gasteiger partial charge in [0.05, 0.1) is 11.3 Å². The van der Waals surface area contributed by atoms with E-state index in [1.54, 1.807) is 0 Å².